The molecule has 3 N–H and O–H groups in total. The third kappa shape index (κ3) is 4.73. The van der Waals surface area contributed by atoms with E-state index >= 15 is 0 Å². The number of piperidine rings is 1. The Morgan fingerprint density at radius 3 is 2.96 bits per heavy atom. The van der Waals surface area contributed by atoms with Crippen molar-refractivity contribution in [2.45, 2.75) is 24.1 Å². The summed E-state index contributed by atoms with van der Waals surface area (Å²) in [6, 6.07) is 7.95. The van der Waals surface area contributed by atoms with Gasteiger partial charge in [0.2, 0.25) is 16.9 Å². The van der Waals surface area contributed by atoms with Gasteiger partial charge in [0.05, 0.1) is 11.7 Å². The number of amides is 2. The molecule has 1 aromatic heterocycles. The molecule has 0 aliphatic carbocycles. The van der Waals surface area contributed by atoms with E-state index < -0.39 is 0 Å². The van der Waals surface area contributed by atoms with Crippen molar-refractivity contribution in [3.05, 3.63) is 29.8 Å². The van der Waals surface area contributed by atoms with Gasteiger partial charge in [0.25, 0.3) is 0 Å². The number of carbonyl (C=O) groups excluding carboxylic acids is 2. The van der Waals surface area contributed by atoms with Gasteiger partial charge in [-0.2, -0.15) is 0 Å². The van der Waals surface area contributed by atoms with Gasteiger partial charge in [-0.15, -0.1) is 10.2 Å². The molecular formula is C17H21N5O2S2. The maximum Gasteiger partial charge on any atom is 0.233 e. The quantitative estimate of drug-likeness (QED) is 0.733. The maximum atomic E-state index is 12.4. The fraction of sp³-hybridized carbons (Fsp3) is 0.412. The zero-order valence-corrected chi connectivity index (χ0v) is 16.1. The highest BCUT2D eigenvalue weighted by Gasteiger charge is 2.27. The van der Waals surface area contributed by atoms with Gasteiger partial charge in [-0.25, -0.2) is 0 Å². The molecule has 9 heteroatoms. The highest BCUT2D eigenvalue weighted by atomic mass is 32.2. The van der Waals surface area contributed by atoms with Gasteiger partial charge in [0.15, 0.2) is 4.34 Å². The molecule has 138 valence electrons. The minimum atomic E-state index is -0.328. The molecule has 3 rings (SSSR count). The van der Waals surface area contributed by atoms with E-state index in [0.29, 0.717) is 18.2 Å². The third-order valence-corrected chi connectivity index (χ3v) is 6.25. The number of rotatable bonds is 6. The first kappa shape index (κ1) is 18.7. The second kappa shape index (κ2) is 8.50. The molecule has 0 spiro atoms. The normalized spacial score (nSPS) is 17.1. The van der Waals surface area contributed by atoms with Crippen LogP contribution in [0.1, 0.15) is 18.4 Å². The Kier molecular flexibility index (Phi) is 6.10. The number of likely N-dealkylation sites (tertiary alicyclic amines) is 1. The van der Waals surface area contributed by atoms with Crippen molar-refractivity contribution in [1.29, 1.82) is 0 Å². The van der Waals surface area contributed by atoms with Crippen LogP contribution < -0.4 is 11.1 Å². The van der Waals surface area contributed by atoms with Crippen LogP contribution in [0.3, 0.4) is 0 Å². The van der Waals surface area contributed by atoms with E-state index in [-0.39, 0.29) is 23.5 Å². The van der Waals surface area contributed by atoms with Gasteiger partial charge in [0.1, 0.15) is 0 Å². The number of hydrogen-bond acceptors (Lipinski definition) is 7. The minimum absolute atomic E-state index is 0.00423. The van der Waals surface area contributed by atoms with Crippen LogP contribution in [0, 0.1) is 12.8 Å². The largest absolute Gasteiger partial charge is 0.369 e. The van der Waals surface area contributed by atoms with E-state index in [1.165, 1.54) is 23.1 Å². The molecule has 1 saturated heterocycles. The predicted molar refractivity (Wildman–Crippen MR) is 104 cm³/mol. The van der Waals surface area contributed by atoms with Crippen molar-refractivity contribution in [3.63, 3.8) is 0 Å². The number of anilines is 2. The van der Waals surface area contributed by atoms with Gasteiger partial charge in [-0.05, 0) is 31.4 Å². The van der Waals surface area contributed by atoms with Crippen LogP contribution in [0.2, 0.25) is 0 Å². The summed E-state index contributed by atoms with van der Waals surface area (Å²) in [5.74, 6) is -0.273. The third-order valence-electron chi connectivity index (χ3n) is 4.29. The molecule has 0 unspecified atom stereocenters. The lowest BCUT2D eigenvalue weighted by molar-refractivity contribution is -0.132. The Labute approximate surface area is 160 Å². The molecule has 0 saturated carbocycles. The lowest BCUT2D eigenvalue weighted by atomic mass is 9.97. The summed E-state index contributed by atoms with van der Waals surface area (Å²) in [6.07, 6.45) is 1.57. The molecule has 0 radical (unpaired) electrons. The SMILES string of the molecule is Cc1ccccc1Nc1nnc(SCC(=O)N2CCC[C@H](C(N)=O)C2)s1. The fourth-order valence-electron chi connectivity index (χ4n) is 2.80. The molecule has 1 fully saturated rings. The Bertz CT molecular complexity index is 795. The van der Waals surface area contributed by atoms with Crippen molar-refractivity contribution < 1.29 is 9.59 Å². The number of para-hydroxylation sites is 1. The first-order valence-electron chi connectivity index (χ1n) is 8.39. The van der Waals surface area contributed by atoms with Crippen molar-refractivity contribution in [2.75, 3.05) is 24.2 Å². The van der Waals surface area contributed by atoms with Crippen LogP contribution in [-0.2, 0) is 9.59 Å². The zero-order valence-electron chi connectivity index (χ0n) is 14.5. The number of aromatic nitrogens is 2. The van der Waals surface area contributed by atoms with Crippen LogP contribution in [-0.4, -0.2) is 45.8 Å². The molecule has 2 aromatic rings. The predicted octanol–water partition coefficient (Wildman–Crippen LogP) is 2.41. The summed E-state index contributed by atoms with van der Waals surface area (Å²) in [6.45, 7) is 3.12. The van der Waals surface area contributed by atoms with E-state index in [4.69, 9.17) is 5.73 Å². The first-order chi connectivity index (χ1) is 12.5. The summed E-state index contributed by atoms with van der Waals surface area (Å²) in [5.41, 5.74) is 7.48. The first-order valence-corrected chi connectivity index (χ1v) is 10.2. The standard InChI is InChI=1S/C17H21N5O2S2/c1-11-5-2-3-7-13(11)19-16-20-21-17(26-16)25-10-14(23)22-8-4-6-12(9-22)15(18)24/h2-3,5,7,12H,4,6,8-10H2,1H3,(H2,18,24)(H,19,20)/t12-/m0/s1. The molecule has 1 aliphatic heterocycles. The van der Waals surface area contributed by atoms with E-state index in [0.717, 1.165) is 28.4 Å². The van der Waals surface area contributed by atoms with Gasteiger partial charge in [0, 0.05) is 18.8 Å². The lowest BCUT2D eigenvalue weighted by Gasteiger charge is -2.31. The molecule has 26 heavy (non-hydrogen) atoms. The topological polar surface area (TPSA) is 101 Å². The van der Waals surface area contributed by atoms with Crippen molar-refractivity contribution >= 4 is 45.7 Å². The lowest BCUT2D eigenvalue weighted by Crippen LogP contribution is -2.44. The van der Waals surface area contributed by atoms with Gasteiger partial charge in [-0.3, -0.25) is 9.59 Å². The number of aryl methyl sites for hydroxylation is 1. The van der Waals surface area contributed by atoms with Crippen molar-refractivity contribution in [3.8, 4) is 0 Å². The second-order valence-corrected chi connectivity index (χ2v) is 8.38. The average molecular weight is 392 g/mol. The molecule has 2 heterocycles. The molecule has 2 amide bonds. The smallest absolute Gasteiger partial charge is 0.233 e. The number of nitrogens with zero attached hydrogens (tertiary/aromatic N) is 3. The number of hydrogen-bond donors (Lipinski definition) is 2. The van der Waals surface area contributed by atoms with Crippen LogP contribution in [0.4, 0.5) is 10.8 Å². The van der Waals surface area contributed by atoms with E-state index in [1.54, 1.807) is 4.90 Å². The van der Waals surface area contributed by atoms with Gasteiger partial charge >= 0.3 is 0 Å². The van der Waals surface area contributed by atoms with Crippen LogP contribution in [0.25, 0.3) is 0 Å². The second-order valence-electron chi connectivity index (χ2n) is 6.18. The Morgan fingerprint density at radius 1 is 1.38 bits per heavy atom. The maximum absolute atomic E-state index is 12.4. The average Bonchev–Trinajstić information content (AvgIpc) is 3.09. The molecule has 7 nitrogen and oxygen atoms in total. The van der Waals surface area contributed by atoms with Crippen molar-refractivity contribution in [1.82, 2.24) is 15.1 Å². The Morgan fingerprint density at radius 2 is 2.19 bits per heavy atom. The van der Waals surface area contributed by atoms with Crippen molar-refractivity contribution in [2.24, 2.45) is 11.7 Å². The molecule has 0 bridgehead atoms. The number of benzene rings is 1. The molecule has 1 aromatic carbocycles. The highest BCUT2D eigenvalue weighted by Crippen LogP contribution is 2.29. The summed E-state index contributed by atoms with van der Waals surface area (Å²) >= 11 is 2.78. The van der Waals surface area contributed by atoms with Crippen LogP contribution in [0.15, 0.2) is 28.6 Å². The molecular weight excluding hydrogens is 370 g/mol. The monoisotopic (exact) mass is 391 g/mol. The molecule has 1 aliphatic rings. The Hall–Kier alpha value is -2.13. The highest BCUT2D eigenvalue weighted by molar-refractivity contribution is 8.01. The zero-order chi connectivity index (χ0) is 18.5. The van der Waals surface area contributed by atoms with E-state index in [2.05, 4.69) is 15.5 Å². The van der Waals surface area contributed by atoms with Gasteiger partial charge < -0.3 is 16.0 Å². The Balaban J connectivity index is 1.52. The van der Waals surface area contributed by atoms with Crippen LogP contribution in [0.5, 0.6) is 0 Å². The number of thioether (sulfide) groups is 1. The summed E-state index contributed by atoms with van der Waals surface area (Å²) in [4.78, 5) is 25.4. The summed E-state index contributed by atoms with van der Waals surface area (Å²) in [5, 5.41) is 12.2. The van der Waals surface area contributed by atoms with E-state index in [1.807, 2.05) is 31.2 Å². The fourth-order valence-corrected chi connectivity index (χ4v) is 4.46. The van der Waals surface area contributed by atoms with Crippen LogP contribution >= 0.6 is 23.1 Å². The number of nitrogens with one attached hydrogen (secondary N) is 1. The summed E-state index contributed by atoms with van der Waals surface area (Å²) < 4.78 is 0.734. The minimum Gasteiger partial charge on any atom is -0.369 e. The number of primary amides is 1. The number of nitrogens with two attached hydrogens (primary N) is 1. The summed E-state index contributed by atoms with van der Waals surface area (Å²) in [7, 11) is 0. The molecule has 1 atom stereocenters. The number of carbonyl (C=O) groups is 2. The van der Waals surface area contributed by atoms with E-state index in [9.17, 15) is 9.59 Å². The van der Waals surface area contributed by atoms with Gasteiger partial charge in [-0.1, -0.05) is 41.3 Å².